The van der Waals surface area contributed by atoms with Crippen LogP contribution < -0.4 is 5.32 Å². The maximum Gasteiger partial charge on any atom is 0.325 e. The Bertz CT molecular complexity index is 520. The molecule has 1 unspecified atom stereocenters. The Kier molecular flexibility index (Phi) is 2.72. The van der Waals surface area contributed by atoms with E-state index in [0.717, 1.165) is 16.6 Å². The Morgan fingerprint density at radius 2 is 2.19 bits per heavy atom. The first-order valence-corrected chi connectivity index (χ1v) is 5.01. The van der Waals surface area contributed by atoms with Crippen molar-refractivity contribution in [2.45, 2.75) is 13.0 Å². The zero-order chi connectivity index (χ0) is 11.5. The lowest BCUT2D eigenvalue weighted by atomic mass is 10.1. The average Bonchev–Trinajstić information content (AvgIpc) is 2.29. The molecule has 0 aliphatic rings. The lowest BCUT2D eigenvalue weighted by molar-refractivity contribution is -0.137. The van der Waals surface area contributed by atoms with Crippen molar-refractivity contribution < 1.29 is 9.90 Å². The lowest BCUT2D eigenvalue weighted by Crippen LogP contribution is -2.25. The standard InChI is InChI=1S/C12H12N2O2/c1-8(12(15)16)14-11-6-2-5-10-9(11)4-3-7-13-10/h2-8,14H,1H3,(H,15,16). The van der Waals surface area contributed by atoms with Gasteiger partial charge in [-0.15, -0.1) is 0 Å². The molecule has 82 valence electrons. The van der Waals surface area contributed by atoms with Crippen LogP contribution >= 0.6 is 0 Å². The van der Waals surface area contributed by atoms with Crippen LogP contribution in [-0.4, -0.2) is 22.1 Å². The predicted octanol–water partition coefficient (Wildman–Crippen LogP) is 2.12. The van der Waals surface area contributed by atoms with E-state index in [0.29, 0.717) is 0 Å². The molecule has 0 aliphatic carbocycles. The summed E-state index contributed by atoms with van der Waals surface area (Å²) in [5, 5.41) is 12.7. The van der Waals surface area contributed by atoms with E-state index in [4.69, 9.17) is 5.11 Å². The van der Waals surface area contributed by atoms with Crippen LogP contribution in [0.15, 0.2) is 36.5 Å². The van der Waals surface area contributed by atoms with Crippen LogP contribution in [0.4, 0.5) is 5.69 Å². The van der Waals surface area contributed by atoms with Crippen molar-refractivity contribution >= 4 is 22.6 Å². The fraction of sp³-hybridized carbons (Fsp3) is 0.167. The van der Waals surface area contributed by atoms with Crippen LogP contribution in [0.1, 0.15) is 6.92 Å². The van der Waals surface area contributed by atoms with E-state index in [1.54, 1.807) is 13.1 Å². The Labute approximate surface area is 92.9 Å². The molecule has 1 heterocycles. The Hall–Kier alpha value is -2.10. The molecule has 1 atom stereocenters. The monoisotopic (exact) mass is 216 g/mol. The average molecular weight is 216 g/mol. The third kappa shape index (κ3) is 1.95. The minimum absolute atomic E-state index is 0.620. The molecule has 1 aromatic heterocycles. The number of carboxylic acid groups (broad SMARTS) is 1. The molecule has 0 saturated heterocycles. The molecule has 2 aromatic rings. The van der Waals surface area contributed by atoms with E-state index in [1.165, 1.54) is 0 Å². The SMILES string of the molecule is CC(Nc1cccc2ncccc12)C(=O)O. The van der Waals surface area contributed by atoms with Gasteiger partial charge in [0.05, 0.1) is 5.52 Å². The highest BCUT2D eigenvalue weighted by molar-refractivity contribution is 5.92. The minimum atomic E-state index is -0.874. The molecule has 2 N–H and O–H groups in total. The van der Waals surface area contributed by atoms with Crippen molar-refractivity contribution in [3.8, 4) is 0 Å². The topological polar surface area (TPSA) is 62.2 Å². The van der Waals surface area contributed by atoms with Gasteiger partial charge in [-0.3, -0.25) is 9.78 Å². The summed E-state index contributed by atoms with van der Waals surface area (Å²) in [7, 11) is 0. The summed E-state index contributed by atoms with van der Waals surface area (Å²) in [5.41, 5.74) is 1.64. The Balaban J connectivity index is 2.41. The molecular formula is C12H12N2O2. The first-order valence-electron chi connectivity index (χ1n) is 5.01. The molecule has 0 saturated carbocycles. The zero-order valence-electron chi connectivity index (χ0n) is 8.84. The van der Waals surface area contributed by atoms with Crippen LogP contribution in [0.2, 0.25) is 0 Å². The van der Waals surface area contributed by atoms with Crippen LogP contribution in [-0.2, 0) is 4.79 Å². The molecular weight excluding hydrogens is 204 g/mol. The Morgan fingerprint density at radius 3 is 2.94 bits per heavy atom. The normalized spacial score (nSPS) is 12.3. The van der Waals surface area contributed by atoms with Gasteiger partial charge >= 0.3 is 5.97 Å². The van der Waals surface area contributed by atoms with Crippen LogP contribution in [0, 0.1) is 0 Å². The number of nitrogens with one attached hydrogen (secondary N) is 1. The fourth-order valence-corrected chi connectivity index (χ4v) is 1.52. The summed E-state index contributed by atoms with van der Waals surface area (Å²) in [6, 6.07) is 8.73. The molecule has 0 amide bonds. The van der Waals surface area contributed by atoms with Gasteiger partial charge in [0.15, 0.2) is 0 Å². The van der Waals surface area contributed by atoms with Gasteiger partial charge in [0.1, 0.15) is 6.04 Å². The van der Waals surface area contributed by atoms with E-state index in [9.17, 15) is 4.79 Å². The number of pyridine rings is 1. The van der Waals surface area contributed by atoms with Crippen LogP contribution in [0.25, 0.3) is 10.9 Å². The van der Waals surface area contributed by atoms with Gasteiger partial charge in [0.25, 0.3) is 0 Å². The van der Waals surface area contributed by atoms with Gasteiger partial charge in [-0.1, -0.05) is 6.07 Å². The third-order valence-electron chi connectivity index (χ3n) is 2.39. The minimum Gasteiger partial charge on any atom is -0.480 e. The number of aromatic nitrogens is 1. The van der Waals surface area contributed by atoms with Gasteiger partial charge in [-0.25, -0.2) is 0 Å². The summed E-state index contributed by atoms with van der Waals surface area (Å²) in [6.45, 7) is 1.61. The summed E-state index contributed by atoms with van der Waals surface area (Å²) >= 11 is 0. The smallest absolute Gasteiger partial charge is 0.325 e. The molecule has 4 heteroatoms. The number of benzene rings is 1. The fourth-order valence-electron chi connectivity index (χ4n) is 1.52. The summed E-state index contributed by atoms with van der Waals surface area (Å²) in [5.74, 6) is -0.874. The van der Waals surface area contributed by atoms with Crippen molar-refractivity contribution in [2.24, 2.45) is 0 Å². The first kappa shape index (κ1) is 10.4. The number of aliphatic carboxylic acids is 1. The van der Waals surface area contributed by atoms with E-state index in [1.807, 2.05) is 30.3 Å². The highest BCUT2D eigenvalue weighted by Gasteiger charge is 2.11. The van der Waals surface area contributed by atoms with Gasteiger partial charge in [0, 0.05) is 17.3 Å². The summed E-state index contributed by atoms with van der Waals surface area (Å²) in [4.78, 5) is 15.0. The zero-order valence-corrected chi connectivity index (χ0v) is 8.84. The molecule has 0 bridgehead atoms. The third-order valence-corrected chi connectivity index (χ3v) is 2.39. The molecule has 0 fully saturated rings. The van der Waals surface area contributed by atoms with Gasteiger partial charge in [-0.05, 0) is 31.2 Å². The maximum absolute atomic E-state index is 10.8. The van der Waals surface area contributed by atoms with E-state index in [-0.39, 0.29) is 0 Å². The van der Waals surface area contributed by atoms with Gasteiger partial charge < -0.3 is 10.4 Å². The first-order chi connectivity index (χ1) is 7.68. The van der Waals surface area contributed by atoms with Gasteiger partial charge in [0.2, 0.25) is 0 Å². The number of hydrogen-bond acceptors (Lipinski definition) is 3. The van der Waals surface area contributed by atoms with E-state index in [2.05, 4.69) is 10.3 Å². The maximum atomic E-state index is 10.8. The molecule has 1 aromatic carbocycles. The number of fused-ring (bicyclic) bond motifs is 1. The highest BCUT2D eigenvalue weighted by Crippen LogP contribution is 2.21. The van der Waals surface area contributed by atoms with E-state index >= 15 is 0 Å². The second kappa shape index (κ2) is 4.18. The quantitative estimate of drug-likeness (QED) is 0.824. The summed E-state index contributed by atoms with van der Waals surface area (Å²) in [6.07, 6.45) is 1.72. The van der Waals surface area contributed by atoms with E-state index < -0.39 is 12.0 Å². The van der Waals surface area contributed by atoms with Gasteiger partial charge in [-0.2, -0.15) is 0 Å². The highest BCUT2D eigenvalue weighted by atomic mass is 16.4. The number of rotatable bonds is 3. The van der Waals surface area contributed by atoms with Crippen LogP contribution in [0.5, 0.6) is 0 Å². The summed E-state index contributed by atoms with van der Waals surface area (Å²) < 4.78 is 0. The second-order valence-electron chi connectivity index (χ2n) is 3.58. The number of anilines is 1. The Morgan fingerprint density at radius 1 is 1.38 bits per heavy atom. The molecule has 0 radical (unpaired) electrons. The molecule has 4 nitrogen and oxygen atoms in total. The van der Waals surface area contributed by atoms with Crippen molar-refractivity contribution in [3.05, 3.63) is 36.5 Å². The number of nitrogens with zero attached hydrogens (tertiary/aromatic N) is 1. The predicted molar refractivity (Wildman–Crippen MR) is 62.5 cm³/mol. The van der Waals surface area contributed by atoms with Crippen molar-refractivity contribution in [2.75, 3.05) is 5.32 Å². The van der Waals surface area contributed by atoms with Crippen molar-refractivity contribution in [3.63, 3.8) is 0 Å². The molecule has 16 heavy (non-hydrogen) atoms. The number of carboxylic acids is 1. The second-order valence-corrected chi connectivity index (χ2v) is 3.58. The number of carbonyl (C=O) groups is 1. The number of hydrogen-bond donors (Lipinski definition) is 2. The molecule has 2 rings (SSSR count). The van der Waals surface area contributed by atoms with Crippen LogP contribution in [0.3, 0.4) is 0 Å². The lowest BCUT2D eigenvalue weighted by Gasteiger charge is -2.12. The van der Waals surface area contributed by atoms with Crippen molar-refractivity contribution in [1.29, 1.82) is 0 Å². The van der Waals surface area contributed by atoms with Crippen molar-refractivity contribution in [1.82, 2.24) is 4.98 Å². The largest absolute Gasteiger partial charge is 0.480 e. The molecule has 0 aliphatic heterocycles. The molecule has 0 spiro atoms.